The van der Waals surface area contributed by atoms with Gasteiger partial charge in [0, 0.05) is 59.3 Å². The molecule has 2 amide bonds. The molecule has 2 saturated heterocycles. The highest BCUT2D eigenvalue weighted by molar-refractivity contribution is 6.39. The fourth-order valence-corrected chi connectivity index (χ4v) is 12.3. The van der Waals surface area contributed by atoms with Crippen LogP contribution >= 0.6 is 0 Å². The molecule has 4 aliphatic rings. The lowest BCUT2D eigenvalue weighted by Gasteiger charge is -2.42. The number of fused-ring (bicyclic) bond motifs is 3. The lowest BCUT2D eigenvalue weighted by Crippen LogP contribution is -2.61. The highest BCUT2D eigenvalue weighted by Crippen LogP contribution is 2.38. The molecule has 3 fully saturated rings. The largest absolute Gasteiger partial charge is 0.461 e. The molecular weight excluding hydrogens is 1160 g/mol. The molecule has 3 aliphatic heterocycles. The Bertz CT molecular complexity index is 2210. The molecule has 0 radical (unpaired) electrons. The summed E-state index contributed by atoms with van der Waals surface area (Å²) >= 11 is 0. The summed E-state index contributed by atoms with van der Waals surface area (Å²) in [7, 11) is 4.62. The molecule has 22 heteroatoms. The predicted molar refractivity (Wildman–Crippen MR) is 338 cm³/mol. The first-order valence-corrected chi connectivity index (χ1v) is 33.2. The fourth-order valence-electron chi connectivity index (χ4n) is 12.3. The number of cyclic esters (lactones) is 1. The van der Waals surface area contributed by atoms with E-state index >= 15 is 0 Å². The van der Waals surface area contributed by atoms with Crippen LogP contribution in [0.15, 0.2) is 47.6 Å². The maximum atomic E-state index is 14.7. The molecule has 3 N–H and O–H groups in total. The monoisotopic (exact) mass is 1280 g/mol. The number of nitrogens with zero attached hydrogens (tertiary/aromatic N) is 1. The van der Waals surface area contributed by atoms with E-state index in [9.17, 15) is 34.2 Å². The number of Topliss-reactive ketones (excluding diaryl/α,β-unsaturated/α-hetero) is 2. The molecule has 3 heterocycles. The van der Waals surface area contributed by atoms with Gasteiger partial charge in [0.15, 0.2) is 5.78 Å². The Morgan fingerprint density at radius 3 is 1.91 bits per heavy atom. The van der Waals surface area contributed by atoms with Crippen molar-refractivity contribution in [3.05, 3.63) is 47.6 Å². The van der Waals surface area contributed by atoms with Crippen LogP contribution in [0.2, 0.25) is 0 Å². The fraction of sp³-hybridized carbons (Fsp3) is 0.809. The van der Waals surface area contributed by atoms with Gasteiger partial charge in [0.1, 0.15) is 30.5 Å². The van der Waals surface area contributed by atoms with E-state index < -0.39 is 84.0 Å². The predicted octanol–water partition coefficient (Wildman–Crippen LogP) is 7.87. The third-order valence-corrected chi connectivity index (χ3v) is 17.7. The zero-order valence-corrected chi connectivity index (χ0v) is 56.2. The Kier molecular flexibility index (Phi) is 38.2. The van der Waals surface area contributed by atoms with E-state index in [0.29, 0.717) is 169 Å². The number of carbonyl (C=O) groups excluding carboxylic acids is 5. The van der Waals surface area contributed by atoms with Gasteiger partial charge in [-0.15, -0.1) is 0 Å². The summed E-state index contributed by atoms with van der Waals surface area (Å²) in [6.07, 6.45) is 12.9. The number of piperidine rings is 1. The number of rotatable bonds is 29. The number of carbonyl (C=O) groups is 5. The van der Waals surface area contributed by atoms with Crippen LogP contribution in [0.25, 0.3) is 0 Å². The van der Waals surface area contributed by atoms with Crippen molar-refractivity contribution in [3.63, 3.8) is 0 Å². The molecule has 1 saturated carbocycles. The number of hydrogen-bond acceptors (Lipinski definition) is 20. The zero-order chi connectivity index (χ0) is 65.8. The molecule has 4 rings (SSSR count). The molecule has 22 nitrogen and oxygen atoms in total. The summed E-state index contributed by atoms with van der Waals surface area (Å²) in [5.74, 6) is -6.61. The van der Waals surface area contributed by atoms with E-state index in [-0.39, 0.29) is 61.7 Å². The summed E-state index contributed by atoms with van der Waals surface area (Å²) in [4.78, 5) is 71.7. The molecule has 0 aromatic carbocycles. The normalized spacial score (nSPS) is 32.4. The highest BCUT2D eigenvalue weighted by Gasteiger charge is 2.53. The summed E-state index contributed by atoms with van der Waals surface area (Å²) in [6, 6.07) is -1.08. The van der Waals surface area contributed by atoms with E-state index in [0.717, 1.165) is 5.57 Å². The number of hydrogen-bond donors (Lipinski definition) is 3. The summed E-state index contributed by atoms with van der Waals surface area (Å²) < 4.78 is 74.5. The quantitative estimate of drug-likeness (QED) is 0.0278. The van der Waals surface area contributed by atoms with Crippen LogP contribution in [0.4, 0.5) is 4.79 Å². The molecule has 15 atom stereocenters. The molecule has 1 unspecified atom stereocenters. The average molecular weight is 1280 g/mol. The Balaban J connectivity index is 1.36. The second-order valence-electron chi connectivity index (χ2n) is 24.9. The molecule has 0 aromatic heterocycles. The van der Waals surface area contributed by atoms with E-state index in [1.54, 1.807) is 28.1 Å². The molecule has 1 aliphatic carbocycles. The number of methoxy groups -OCH3 is 3. The number of allylic oxidation sites excluding steroid dienone is 6. The summed E-state index contributed by atoms with van der Waals surface area (Å²) in [5, 5.41) is 26.5. The molecule has 516 valence electrons. The number of ketones is 2. The van der Waals surface area contributed by atoms with Crippen molar-refractivity contribution in [2.75, 3.05) is 127 Å². The van der Waals surface area contributed by atoms with Crippen molar-refractivity contribution in [3.8, 4) is 0 Å². The van der Waals surface area contributed by atoms with Gasteiger partial charge >= 0.3 is 12.1 Å². The van der Waals surface area contributed by atoms with Crippen molar-refractivity contribution < 1.29 is 95.8 Å². The number of nitrogens with one attached hydrogen (secondary N) is 1. The summed E-state index contributed by atoms with van der Waals surface area (Å²) in [5.41, 5.74) is 1.47. The third kappa shape index (κ3) is 27.5. The molecule has 0 spiro atoms. The van der Waals surface area contributed by atoms with Crippen molar-refractivity contribution in [2.24, 2.45) is 35.5 Å². The zero-order valence-electron chi connectivity index (χ0n) is 56.2. The second kappa shape index (κ2) is 43.8. The maximum Gasteiger partial charge on any atom is 0.407 e. The molecule has 0 aromatic rings. The number of alkyl carbamates (subject to hydrolysis) is 1. The van der Waals surface area contributed by atoms with E-state index in [1.165, 1.54) is 12.0 Å². The molecule has 90 heavy (non-hydrogen) atoms. The van der Waals surface area contributed by atoms with Crippen molar-refractivity contribution >= 4 is 29.5 Å². The van der Waals surface area contributed by atoms with E-state index in [1.807, 2.05) is 78.0 Å². The third-order valence-electron chi connectivity index (χ3n) is 17.7. The number of aliphatic hydroxyl groups is 2. The lowest BCUT2D eigenvalue weighted by molar-refractivity contribution is -0.265. The Hall–Kier alpha value is -4.01. The van der Waals surface area contributed by atoms with Gasteiger partial charge in [-0.3, -0.25) is 14.4 Å². The minimum Gasteiger partial charge on any atom is -0.461 e. The Morgan fingerprint density at radius 2 is 1.31 bits per heavy atom. The minimum atomic E-state index is -2.42. The minimum absolute atomic E-state index is 0.0399. The Labute approximate surface area is 537 Å². The van der Waals surface area contributed by atoms with Crippen LogP contribution in [0.1, 0.15) is 139 Å². The number of ether oxygens (including phenoxy) is 13. The van der Waals surface area contributed by atoms with E-state index in [2.05, 4.69) is 5.32 Å². The average Bonchev–Trinajstić information content (AvgIpc) is 0.801. The van der Waals surface area contributed by atoms with Crippen LogP contribution in [-0.4, -0.2) is 226 Å². The van der Waals surface area contributed by atoms with Gasteiger partial charge in [0.25, 0.3) is 11.7 Å². The summed E-state index contributed by atoms with van der Waals surface area (Å²) in [6.45, 7) is 22.2. The van der Waals surface area contributed by atoms with Gasteiger partial charge in [-0.1, -0.05) is 71.1 Å². The highest BCUT2D eigenvalue weighted by atomic mass is 16.6. The van der Waals surface area contributed by atoms with Crippen LogP contribution in [0, 0.1) is 35.5 Å². The van der Waals surface area contributed by atoms with Crippen LogP contribution < -0.4 is 5.32 Å². The second-order valence-corrected chi connectivity index (χ2v) is 24.9. The first-order chi connectivity index (χ1) is 43.3. The van der Waals surface area contributed by atoms with Crippen LogP contribution in [0.5, 0.6) is 0 Å². The van der Waals surface area contributed by atoms with Crippen LogP contribution in [-0.2, 0) is 80.8 Å². The molecule has 2 bridgehead atoms. The van der Waals surface area contributed by atoms with Gasteiger partial charge < -0.3 is 82.0 Å². The van der Waals surface area contributed by atoms with E-state index in [4.69, 9.17) is 61.6 Å². The lowest BCUT2D eigenvalue weighted by atomic mass is 9.78. The van der Waals surface area contributed by atoms with Crippen molar-refractivity contribution in [1.82, 2.24) is 10.2 Å². The van der Waals surface area contributed by atoms with Gasteiger partial charge in [-0.2, -0.15) is 0 Å². The first kappa shape index (κ1) is 78.4. The van der Waals surface area contributed by atoms with Gasteiger partial charge in [0.2, 0.25) is 5.79 Å². The van der Waals surface area contributed by atoms with Crippen molar-refractivity contribution in [2.45, 2.75) is 193 Å². The van der Waals surface area contributed by atoms with Crippen molar-refractivity contribution in [1.29, 1.82) is 0 Å². The molecular formula is C68H114N2O20. The van der Waals surface area contributed by atoms with Gasteiger partial charge in [-0.25, -0.2) is 9.59 Å². The smallest absolute Gasteiger partial charge is 0.407 e. The number of esters is 1. The van der Waals surface area contributed by atoms with Gasteiger partial charge in [-0.05, 0) is 133 Å². The number of aliphatic hydroxyl groups excluding tert-OH is 1. The van der Waals surface area contributed by atoms with Crippen LogP contribution in [0.3, 0.4) is 0 Å². The maximum absolute atomic E-state index is 14.7. The Morgan fingerprint density at radius 1 is 0.689 bits per heavy atom. The SMILES string of the molecule is CCOCCOCCOCCOCCOCCOCCOCCNC(=O)O[C@@H]1CC[C@@H](C[C@@H](C)[C@@H]2CC[C@H](C)/C=C(\C)[C@@H](O)[C@@H](OC)C(=O)[C@H](C)CC(C)/C=C/C=C/C=C(\C)[C@@H](OC)C[C@@H]3CC[C@@H](C)[C@@](O)(O3)C(=O)C(=O)N3CCCC[C@H]3C(=O)O2)C[C@H]1OC. The topological polar surface area (TPSA) is 261 Å². The van der Waals surface area contributed by atoms with Gasteiger partial charge in [0.05, 0.1) is 104 Å². The standard InChI is InChI=1S/C68H114N2O20/c1-12-81-30-31-83-34-35-85-38-39-87-41-40-86-37-36-84-33-32-82-29-27-69-67(76)89-58-26-23-54(45-60(58)79-10)44-50(5)57-25-21-48(3)43-52(7)62(72)63(80-11)61(71)51(6)42-47(2)18-14-13-15-19-49(4)59(78-9)46-55-24-22-53(8)68(77,90-55)64(73)65(74)70-28-17-16-20-56(70)66(75)88-57/h13-15,18-19,43,47-48,50-51,53-60,62-63,72,77H,12,16-17,20-42,44-46H2,1-11H3,(H,69,76)/b15-13+,18-14+,49-19+,52-43+/t47?,48-,50+,51+,53+,54-,55-,56-,57-,58+,59-,60+,62+,63-,68+/m0/s1. The first-order valence-electron chi connectivity index (χ1n) is 33.2. The number of amides is 2.